The predicted octanol–water partition coefficient (Wildman–Crippen LogP) is 3.72. The molecule has 0 unspecified atom stereocenters. The van der Waals surface area contributed by atoms with Gasteiger partial charge in [-0.25, -0.2) is 4.68 Å². The van der Waals surface area contributed by atoms with Crippen LogP contribution in [0.5, 0.6) is 17.4 Å². The zero-order valence-electron chi connectivity index (χ0n) is 13.3. The van der Waals surface area contributed by atoms with Gasteiger partial charge in [-0.15, -0.1) is 0 Å². The Balaban J connectivity index is 2.43. The summed E-state index contributed by atoms with van der Waals surface area (Å²) < 4.78 is 13.2. The fourth-order valence-corrected chi connectivity index (χ4v) is 2.11. The summed E-state index contributed by atoms with van der Waals surface area (Å²) in [5.41, 5.74) is 8.61. The number of benzene rings is 1. The van der Waals surface area contributed by atoms with E-state index in [1.807, 2.05) is 39.0 Å². The summed E-state index contributed by atoms with van der Waals surface area (Å²) >= 11 is 0. The number of rotatable bonds is 5. The van der Waals surface area contributed by atoms with Crippen molar-refractivity contribution in [3.8, 4) is 17.4 Å². The number of anilines is 1. The summed E-state index contributed by atoms with van der Waals surface area (Å²) in [6.07, 6.45) is 0.946. The molecule has 114 valence electrons. The molecule has 1 aromatic heterocycles. The van der Waals surface area contributed by atoms with Crippen LogP contribution in [-0.4, -0.2) is 16.9 Å². The second-order valence-electron chi connectivity index (χ2n) is 5.28. The van der Waals surface area contributed by atoms with E-state index in [4.69, 9.17) is 15.2 Å². The largest absolute Gasteiger partial charge is 0.493 e. The Labute approximate surface area is 125 Å². The van der Waals surface area contributed by atoms with Crippen molar-refractivity contribution in [2.45, 2.75) is 40.2 Å². The van der Waals surface area contributed by atoms with Gasteiger partial charge in [0.05, 0.1) is 18.8 Å². The van der Waals surface area contributed by atoms with E-state index in [1.165, 1.54) is 5.56 Å². The molecule has 0 fully saturated rings. The zero-order chi connectivity index (χ0) is 15.6. The van der Waals surface area contributed by atoms with Crippen LogP contribution >= 0.6 is 0 Å². The molecule has 5 heteroatoms. The fraction of sp³-hybridized carbons (Fsp3) is 0.438. The van der Waals surface area contributed by atoms with Crippen LogP contribution in [0, 0.1) is 6.92 Å². The third-order valence-corrected chi connectivity index (χ3v) is 3.42. The molecule has 0 aliphatic carbocycles. The molecule has 1 aromatic carbocycles. The number of nitrogens with zero attached hydrogens (tertiary/aromatic N) is 2. The highest BCUT2D eigenvalue weighted by Gasteiger charge is 2.18. The van der Waals surface area contributed by atoms with Gasteiger partial charge in [-0.2, -0.15) is 5.10 Å². The summed E-state index contributed by atoms with van der Waals surface area (Å²) in [6, 6.07) is 6.08. The SMILES string of the molecule is CCc1ccc(Oc2c(N)c(C)nn2C(C)C)c(OC)c1. The van der Waals surface area contributed by atoms with Gasteiger partial charge in [0.2, 0.25) is 5.88 Å². The topological polar surface area (TPSA) is 62.3 Å². The number of nitrogens with two attached hydrogens (primary N) is 1. The van der Waals surface area contributed by atoms with Gasteiger partial charge >= 0.3 is 0 Å². The van der Waals surface area contributed by atoms with E-state index in [0.717, 1.165) is 12.1 Å². The van der Waals surface area contributed by atoms with Gasteiger partial charge in [-0.3, -0.25) is 0 Å². The zero-order valence-corrected chi connectivity index (χ0v) is 13.3. The standard InChI is InChI=1S/C16H23N3O2/c1-6-12-7-8-13(14(9-12)20-5)21-16-15(17)11(4)18-19(16)10(2)3/h7-10H,6,17H2,1-5H3. The van der Waals surface area contributed by atoms with Gasteiger partial charge in [-0.05, 0) is 44.9 Å². The Bertz CT molecular complexity index is 633. The van der Waals surface area contributed by atoms with E-state index in [1.54, 1.807) is 11.8 Å². The van der Waals surface area contributed by atoms with Crippen LogP contribution in [0.25, 0.3) is 0 Å². The summed E-state index contributed by atoms with van der Waals surface area (Å²) in [6.45, 7) is 8.05. The Morgan fingerprint density at radius 3 is 2.57 bits per heavy atom. The van der Waals surface area contributed by atoms with Gasteiger partial charge in [0.15, 0.2) is 11.5 Å². The Kier molecular flexibility index (Phi) is 4.40. The summed E-state index contributed by atoms with van der Waals surface area (Å²) in [4.78, 5) is 0. The monoisotopic (exact) mass is 289 g/mol. The Morgan fingerprint density at radius 2 is 2.00 bits per heavy atom. The molecule has 0 aliphatic heterocycles. The van der Waals surface area contributed by atoms with Crippen molar-refractivity contribution in [1.82, 2.24) is 9.78 Å². The number of hydrogen-bond donors (Lipinski definition) is 1. The second kappa shape index (κ2) is 6.08. The van der Waals surface area contributed by atoms with E-state index in [2.05, 4.69) is 12.0 Å². The maximum absolute atomic E-state index is 6.09. The highest BCUT2D eigenvalue weighted by atomic mass is 16.5. The first kappa shape index (κ1) is 15.2. The van der Waals surface area contributed by atoms with E-state index in [-0.39, 0.29) is 6.04 Å². The van der Waals surface area contributed by atoms with Gasteiger partial charge in [0.25, 0.3) is 0 Å². The number of ether oxygens (including phenoxy) is 2. The van der Waals surface area contributed by atoms with E-state index in [9.17, 15) is 0 Å². The molecule has 21 heavy (non-hydrogen) atoms. The summed E-state index contributed by atoms with van der Waals surface area (Å²) in [5, 5.41) is 4.42. The highest BCUT2D eigenvalue weighted by Crippen LogP contribution is 2.37. The Morgan fingerprint density at radius 1 is 1.29 bits per heavy atom. The predicted molar refractivity (Wildman–Crippen MR) is 84.2 cm³/mol. The van der Waals surface area contributed by atoms with Crippen molar-refractivity contribution in [2.24, 2.45) is 0 Å². The molecular weight excluding hydrogens is 266 g/mol. The van der Waals surface area contributed by atoms with Crippen molar-refractivity contribution < 1.29 is 9.47 Å². The van der Waals surface area contributed by atoms with Crippen LogP contribution in [0.15, 0.2) is 18.2 Å². The first-order valence-corrected chi connectivity index (χ1v) is 7.17. The average molecular weight is 289 g/mol. The molecule has 0 bridgehead atoms. The van der Waals surface area contributed by atoms with Crippen molar-refractivity contribution in [1.29, 1.82) is 0 Å². The van der Waals surface area contributed by atoms with Crippen molar-refractivity contribution in [3.63, 3.8) is 0 Å². The molecule has 5 nitrogen and oxygen atoms in total. The molecule has 2 aromatic rings. The van der Waals surface area contributed by atoms with Crippen LogP contribution in [0.4, 0.5) is 5.69 Å². The smallest absolute Gasteiger partial charge is 0.241 e. The lowest BCUT2D eigenvalue weighted by Gasteiger charge is -2.15. The van der Waals surface area contributed by atoms with Gasteiger partial charge in [0, 0.05) is 0 Å². The van der Waals surface area contributed by atoms with Crippen LogP contribution in [-0.2, 0) is 6.42 Å². The molecule has 1 heterocycles. The number of hydrogen-bond acceptors (Lipinski definition) is 4. The van der Waals surface area contributed by atoms with Crippen molar-refractivity contribution in [2.75, 3.05) is 12.8 Å². The lowest BCUT2D eigenvalue weighted by atomic mass is 10.1. The van der Waals surface area contributed by atoms with E-state index < -0.39 is 0 Å². The van der Waals surface area contributed by atoms with Crippen molar-refractivity contribution in [3.05, 3.63) is 29.5 Å². The summed E-state index contributed by atoms with van der Waals surface area (Å²) in [5.74, 6) is 1.90. The van der Waals surface area contributed by atoms with Crippen LogP contribution in [0.2, 0.25) is 0 Å². The number of nitrogen functional groups attached to an aromatic ring is 1. The lowest BCUT2D eigenvalue weighted by molar-refractivity contribution is 0.352. The van der Waals surface area contributed by atoms with Crippen LogP contribution in [0.1, 0.15) is 38.1 Å². The number of aromatic nitrogens is 2. The molecular formula is C16H23N3O2. The first-order valence-electron chi connectivity index (χ1n) is 7.17. The van der Waals surface area contributed by atoms with Crippen LogP contribution < -0.4 is 15.2 Å². The quantitative estimate of drug-likeness (QED) is 0.911. The molecule has 0 atom stereocenters. The molecule has 0 radical (unpaired) electrons. The molecule has 0 saturated heterocycles. The molecule has 2 rings (SSSR count). The Hall–Kier alpha value is -2.17. The summed E-state index contributed by atoms with van der Waals surface area (Å²) in [7, 11) is 1.63. The normalized spacial score (nSPS) is 11.0. The third-order valence-electron chi connectivity index (χ3n) is 3.42. The lowest BCUT2D eigenvalue weighted by Crippen LogP contribution is -2.06. The van der Waals surface area contributed by atoms with E-state index in [0.29, 0.717) is 23.1 Å². The maximum Gasteiger partial charge on any atom is 0.241 e. The number of methoxy groups -OCH3 is 1. The van der Waals surface area contributed by atoms with Gasteiger partial charge < -0.3 is 15.2 Å². The highest BCUT2D eigenvalue weighted by molar-refractivity contribution is 5.55. The fourth-order valence-electron chi connectivity index (χ4n) is 2.11. The molecule has 0 aliphatic rings. The maximum atomic E-state index is 6.09. The van der Waals surface area contributed by atoms with Gasteiger partial charge in [0.1, 0.15) is 5.69 Å². The van der Waals surface area contributed by atoms with Gasteiger partial charge in [-0.1, -0.05) is 13.0 Å². The van der Waals surface area contributed by atoms with Crippen LogP contribution in [0.3, 0.4) is 0 Å². The second-order valence-corrected chi connectivity index (χ2v) is 5.28. The number of aryl methyl sites for hydroxylation is 2. The molecule has 0 amide bonds. The average Bonchev–Trinajstić information content (AvgIpc) is 2.76. The van der Waals surface area contributed by atoms with E-state index >= 15 is 0 Å². The first-order chi connectivity index (χ1) is 9.97. The third kappa shape index (κ3) is 2.96. The molecule has 2 N–H and O–H groups in total. The minimum Gasteiger partial charge on any atom is -0.493 e. The minimum absolute atomic E-state index is 0.164. The molecule has 0 saturated carbocycles. The van der Waals surface area contributed by atoms with Crippen molar-refractivity contribution >= 4 is 5.69 Å². The minimum atomic E-state index is 0.164. The molecule has 0 spiro atoms.